The molecule has 8 heteroatoms. The maximum atomic E-state index is 12.6. The number of aromatic nitrogens is 4. The average molecular weight is 446 g/mol. The van der Waals surface area contributed by atoms with Crippen LogP contribution in [0, 0.1) is 13.8 Å². The molecule has 2 aromatic carbocycles. The predicted molar refractivity (Wildman–Crippen MR) is 126 cm³/mol. The second kappa shape index (κ2) is 9.65. The van der Waals surface area contributed by atoms with E-state index in [2.05, 4.69) is 20.5 Å². The highest BCUT2D eigenvalue weighted by Gasteiger charge is 2.18. The molecule has 2 aromatic heterocycles. The Morgan fingerprint density at radius 3 is 2.50 bits per heavy atom. The Kier molecular flexibility index (Phi) is 6.51. The molecule has 2 heterocycles. The second-order valence-electron chi connectivity index (χ2n) is 7.16. The van der Waals surface area contributed by atoms with Crippen molar-refractivity contribution in [2.75, 3.05) is 18.2 Å². The zero-order valence-electron chi connectivity index (χ0n) is 18.1. The smallest absolute Gasteiger partial charge is 0.234 e. The summed E-state index contributed by atoms with van der Waals surface area (Å²) in [6.45, 7) is 4.02. The van der Waals surface area contributed by atoms with Crippen LogP contribution >= 0.6 is 11.8 Å². The molecular weight excluding hydrogens is 422 g/mol. The Hall–Kier alpha value is -3.65. The van der Waals surface area contributed by atoms with E-state index in [9.17, 15) is 4.79 Å². The normalized spacial score (nSPS) is 10.7. The van der Waals surface area contributed by atoms with Gasteiger partial charge in [-0.25, -0.2) is 0 Å². The van der Waals surface area contributed by atoms with Crippen LogP contribution in [0.25, 0.3) is 17.1 Å². The number of carbonyl (C=O) groups excluding carboxylic acids is 1. The number of amides is 1. The second-order valence-corrected chi connectivity index (χ2v) is 8.10. The standard InChI is InChI=1S/C24H23N5O2S/c1-16-5-4-6-21(17(16)2)26-22(30)15-32-24-28-27-23(18-11-13-25-14-12-18)29(24)19-7-9-20(31-3)10-8-19/h4-14H,15H2,1-3H3,(H,26,30). The molecule has 0 saturated carbocycles. The molecule has 0 fully saturated rings. The van der Waals surface area contributed by atoms with Crippen molar-refractivity contribution in [2.45, 2.75) is 19.0 Å². The molecule has 0 saturated heterocycles. The molecular formula is C24H23N5O2S. The van der Waals surface area contributed by atoms with Crippen molar-refractivity contribution in [3.63, 3.8) is 0 Å². The molecule has 0 spiro atoms. The van der Waals surface area contributed by atoms with E-state index in [0.717, 1.165) is 33.8 Å². The van der Waals surface area contributed by atoms with Crippen LogP contribution in [0.2, 0.25) is 0 Å². The molecule has 1 N–H and O–H groups in total. The van der Waals surface area contributed by atoms with E-state index < -0.39 is 0 Å². The van der Waals surface area contributed by atoms with Gasteiger partial charge in [-0.15, -0.1) is 10.2 Å². The Labute approximate surface area is 190 Å². The van der Waals surface area contributed by atoms with Gasteiger partial charge in [0.25, 0.3) is 0 Å². The largest absolute Gasteiger partial charge is 0.497 e. The van der Waals surface area contributed by atoms with E-state index in [4.69, 9.17) is 4.74 Å². The van der Waals surface area contributed by atoms with Gasteiger partial charge in [-0.2, -0.15) is 0 Å². The van der Waals surface area contributed by atoms with Gasteiger partial charge in [0.1, 0.15) is 5.75 Å². The van der Waals surface area contributed by atoms with Gasteiger partial charge in [-0.05, 0) is 67.4 Å². The summed E-state index contributed by atoms with van der Waals surface area (Å²) in [5, 5.41) is 12.4. The topological polar surface area (TPSA) is 81.9 Å². The number of methoxy groups -OCH3 is 1. The fourth-order valence-electron chi connectivity index (χ4n) is 3.22. The van der Waals surface area contributed by atoms with Gasteiger partial charge in [0.05, 0.1) is 12.9 Å². The van der Waals surface area contributed by atoms with Gasteiger partial charge < -0.3 is 10.1 Å². The highest BCUT2D eigenvalue weighted by Crippen LogP contribution is 2.29. The first-order chi connectivity index (χ1) is 15.6. The number of carbonyl (C=O) groups is 1. The quantitative estimate of drug-likeness (QED) is 0.416. The number of benzene rings is 2. The Bertz CT molecular complexity index is 1220. The van der Waals surface area contributed by atoms with Crippen molar-refractivity contribution in [2.24, 2.45) is 0 Å². The molecule has 4 aromatic rings. The van der Waals surface area contributed by atoms with Crippen LogP contribution < -0.4 is 10.1 Å². The maximum Gasteiger partial charge on any atom is 0.234 e. The number of hydrogen-bond donors (Lipinski definition) is 1. The average Bonchev–Trinajstić information content (AvgIpc) is 3.25. The van der Waals surface area contributed by atoms with E-state index in [1.54, 1.807) is 19.5 Å². The lowest BCUT2D eigenvalue weighted by Gasteiger charge is -2.12. The van der Waals surface area contributed by atoms with Gasteiger partial charge in [0, 0.05) is 29.3 Å². The number of rotatable bonds is 7. The van der Waals surface area contributed by atoms with Gasteiger partial charge in [0.15, 0.2) is 11.0 Å². The van der Waals surface area contributed by atoms with Gasteiger partial charge in [0.2, 0.25) is 5.91 Å². The van der Waals surface area contributed by atoms with Crippen molar-refractivity contribution >= 4 is 23.4 Å². The number of anilines is 1. The molecule has 0 aliphatic heterocycles. The van der Waals surface area contributed by atoms with Gasteiger partial charge >= 0.3 is 0 Å². The third kappa shape index (κ3) is 4.65. The van der Waals surface area contributed by atoms with Crippen molar-refractivity contribution in [3.8, 4) is 22.8 Å². The zero-order valence-corrected chi connectivity index (χ0v) is 18.9. The fraction of sp³-hybridized carbons (Fsp3) is 0.167. The summed E-state index contributed by atoms with van der Waals surface area (Å²) in [7, 11) is 1.63. The minimum Gasteiger partial charge on any atom is -0.497 e. The van der Waals surface area contributed by atoms with Gasteiger partial charge in [-0.3, -0.25) is 14.3 Å². The maximum absolute atomic E-state index is 12.6. The van der Waals surface area contributed by atoms with Crippen molar-refractivity contribution in [1.82, 2.24) is 19.7 Å². The highest BCUT2D eigenvalue weighted by molar-refractivity contribution is 7.99. The van der Waals surface area contributed by atoms with Crippen LogP contribution in [0.3, 0.4) is 0 Å². The summed E-state index contributed by atoms with van der Waals surface area (Å²) in [5.74, 6) is 1.54. The monoisotopic (exact) mass is 445 g/mol. The van der Waals surface area contributed by atoms with Crippen LogP contribution in [0.5, 0.6) is 5.75 Å². The molecule has 0 aliphatic carbocycles. The molecule has 0 radical (unpaired) electrons. The Balaban J connectivity index is 1.60. The van der Waals surface area contributed by atoms with E-state index in [1.807, 2.05) is 73.0 Å². The number of ether oxygens (including phenoxy) is 1. The number of thioether (sulfide) groups is 1. The van der Waals surface area contributed by atoms with E-state index >= 15 is 0 Å². The third-order valence-electron chi connectivity index (χ3n) is 5.11. The molecule has 32 heavy (non-hydrogen) atoms. The van der Waals surface area contributed by atoms with E-state index in [1.165, 1.54) is 11.8 Å². The van der Waals surface area contributed by atoms with Gasteiger partial charge in [-0.1, -0.05) is 23.9 Å². The van der Waals surface area contributed by atoms with Crippen molar-refractivity contribution < 1.29 is 9.53 Å². The Morgan fingerprint density at radius 2 is 1.78 bits per heavy atom. The van der Waals surface area contributed by atoms with E-state index in [-0.39, 0.29) is 11.7 Å². The lowest BCUT2D eigenvalue weighted by Crippen LogP contribution is -2.15. The molecule has 7 nitrogen and oxygen atoms in total. The summed E-state index contributed by atoms with van der Waals surface area (Å²) in [6, 6.07) is 17.3. The first-order valence-electron chi connectivity index (χ1n) is 10.1. The summed E-state index contributed by atoms with van der Waals surface area (Å²) < 4.78 is 7.21. The first kappa shape index (κ1) is 21.6. The van der Waals surface area contributed by atoms with Crippen molar-refractivity contribution in [3.05, 3.63) is 78.1 Å². The minimum atomic E-state index is -0.0987. The minimum absolute atomic E-state index is 0.0987. The first-order valence-corrected chi connectivity index (χ1v) is 11.0. The fourth-order valence-corrected chi connectivity index (χ4v) is 3.97. The summed E-state index contributed by atoms with van der Waals surface area (Å²) >= 11 is 1.34. The highest BCUT2D eigenvalue weighted by atomic mass is 32.2. The number of pyridine rings is 1. The van der Waals surface area contributed by atoms with E-state index in [0.29, 0.717) is 11.0 Å². The molecule has 0 atom stereocenters. The molecule has 0 unspecified atom stereocenters. The Morgan fingerprint density at radius 1 is 1.03 bits per heavy atom. The lowest BCUT2D eigenvalue weighted by atomic mass is 10.1. The molecule has 1 amide bonds. The number of nitrogens with one attached hydrogen (secondary N) is 1. The van der Waals surface area contributed by atoms with Crippen LogP contribution in [-0.4, -0.2) is 38.5 Å². The number of aryl methyl sites for hydroxylation is 1. The predicted octanol–water partition coefficient (Wildman–Crippen LogP) is 4.69. The molecule has 4 rings (SSSR count). The summed E-state index contributed by atoms with van der Waals surface area (Å²) in [6.07, 6.45) is 3.43. The van der Waals surface area contributed by atoms with Crippen LogP contribution in [-0.2, 0) is 4.79 Å². The number of nitrogens with zero attached hydrogens (tertiary/aromatic N) is 4. The SMILES string of the molecule is COc1ccc(-n2c(SCC(=O)Nc3cccc(C)c3C)nnc2-c2ccncc2)cc1. The third-order valence-corrected chi connectivity index (χ3v) is 6.04. The van der Waals surface area contributed by atoms with Crippen LogP contribution in [0.4, 0.5) is 5.69 Å². The van der Waals surface area contributed by atoms with Crippen LogP contribution in [0.1, 0.15) is 11.1 Å². The summed E-state index contributed by atoms with van der Waals surface area (Å²) in [5.41, 5.74) is 4.78. The molecule has 162 valence electrons. The number of hydrogen-bond acceptors (Lipinski definition) is 6. The van der Waals surface area contributed by atoms with Crippen LogP contribution in [0.15, 0.2) is 72.1 Å². The molecule has 0 aliphatic rings. The molecule has 0 bridgehead atoms. The lowest BCUT2D eigenvalue weighted by molar-refractivity contribution is -0.113. The zero-order chi connectivity index (χ0) is 22.5. The van der Waals surface area contributed by atoms with Crippen molar-refractivity contribution in [1.29, 1.82) is 0 Å². The summed E-state index contributed by atoms with van der Waals surface area (Å²) in [4.78, 5) is 16.7.